The van der Waals surface area contributed by atoms with Gasteiger partial charge in [0, 0.05) is 5.02 Å². The zero-order valence-corrected chi connectivity index (χ0v) is 14.4. The van der Waals surface area contributed by atoms with E-state index in [0.717, 1.165) is 0 Å². The first kappa shape index (κ1) is 17.9. The lowest BCUT2D eigenvalue weighted by atomic mass is 10.0. The maximum atomic E-state index is 12.6. The monoisotopic (exact) mass is 350 g/mol. The quantitative estimate of drug-likeness (QED) is 0.837. The van der Waals surface area contributed by atoms with Crippen LogP contribution < -0.4 is 15.4 Å². The predicted octanol–water partition coefficient (Wildman–Crippen LogP) is 3.33. The fourth-order valence-corrected chi connectivity index (χ4v) is 2.32. The summed E-state index contributed by atoms with van der Waals surface area (Å²) in [6.45, 7) is 3.67. The van der Waals surface area contributed by atoms with Crippen molar-refractivity contribution >= 4 is 29.1 Å². The van der Waals surface area contributed by atoms with Gasteiger partial charge in [-0.3, -0.25) is 9.59 Å². The molecule has 7 heteroatoms. The van der Waals surface area contributed by atoms with E-state index in [4.69, 9.17) is 20.8 Å². The molecule has 0 saturated heterocycles. The molecule has 24 heavy (non-hydrogen) atoms. The molecule has 0 bridgehead atoms. The maximum absolute atomic E-state index is 12.6. The van der Waals surface area contributed by atoms with E-state index in [2.05, 4.69) is 10.6 Å². The number of rotatable bonds is 6. The molecule has 0 aliphatic carbocycles. The van der Waals surface area contributed by atoms with Crippen molar-refractivity contribution in [3.63, 3.8) is 0 Å². The lowest BCUT2D eigenvalue weighted by Crippen LogP contribution is -2.47. The largest absolute Gasteiger partial charge is 0.495 e. The molecule has 0 fully saturated rings. The Bertz CT molecular complexity index is 713. The lowest BCUT2D eigenvalue weighted by molar-refractivity contribution is -0.118. The molecule has 2 rings (SSSR count). The number of methoxy groups -OCH3 is 1. The minimum atomic E-state index is -0.744. The van der Waals surface area contributed by atoms with Crippen molar-refractivity contribution in [1.29, 1.82) is 0 Å². The average molecular weight is 351 g/mol. The van der Waals surface area contributed by atoms with E-state index in [1.807, 2.05) is 13.8 Å². The molecule has 0 spiro atoms. The van der Waals surface area contributed by atoms with Crippen LogP contribution in [0, 0.1) is 5.92 Å². The van der Waals surface area contributed by atoms with Gasteiger partial charge < -0.3 is 19.8 Å². The minimum Gasteiger partial charge on any atom is -0.495 e. The lowest BCUT2D eigenvalue weighted by Gasteiger charge is -2.22. The molecule has 2 N–H and O–H groups in total. The van der Waals surface area contributed by atoms with Crippen LogP contribution in [-0.2, 0) is 4.79 Å². The smallest absolute Gasteiger partial charge is 0.287 e. The van der Waals surface area contributed by atoms with Crippen molar-refractivity contribution in [3.05, 3.63) is 47.4 Å². The number of benzene rings is 1. The van der Waals surface area contributed by atoms with Gasteiger partial charge in [-0.1, -0.05) is 25.4 Å². The van der Waals surface area contributed by atoms with Crippen LogP contribution in [0.2, 0.25) is 5.02 Å². The first-order valence-corrected chi connectivity index (χ1v) is 7.79. The van der Waals surface area contributed by atoms with Gasteiger partial charge in [-0.05, 0) is 36.2 Å². The highest BCUT2D eigenvalue weighted by atomic mass is 35.5. The number of carbonyl (C=O) groups is 2. The molecule has 0 saturated carbocycles. The van der Waals surface area contributed by atoms with Crippen molar-refractivity contribution in [3.8, 4) is 5.75 Å². The van der Waals surface area contributed by atoms with E-state index in [0.29, 0.717) is 16.5 Å². The Morgan fingerprint density at radius 3 is 2.58 bits per heavy atom. The SMILES string of the molecule is COc1ccc(Cl)cc1NC(=O)[C@@H](NC(=O)c1ccco1)C(C)C. The highest BCUT2D eigenvalue weighted by Crippen LogP contribution is 2.28. The second-order valence-electron chi connectivity index (χ2n) is 5.51. The van der Waals surface area contributed by atoms with Gasteiger partial charge >= 0.3 is 0 Å². The number of amides is 2. The summed E-state index contributed by atoms with van der Waals surface area (Å²) in [5, 5.41) is 5.88. The molecule has 1 atom stereocenters. The Hall–Kier alpha value is -2.47. The first-order valence-electron chi connectivity index (χ1n) is 7.41. The predicted molar refractivity (Wildman–Crippen MR) is 91.4 cm³/mol. The van der Waals surface area contributed by atoms with Crippen molar-refractivity contribution in [2.24, 2.45) is 5.92 Å². The number of ether oxygens (including phenoxy) is 1. The molecule has 6 nitrogen and oxygen atoms in total. The summed E-state index contributed by atoms with van der Waals surface area (Å²) in [5.41, 5.74) is 0.438. The molecule has 1 heterocycles. The maximum Gasteiger partial charge on any atom is 0.287 e. The van der Waals surface area contributed by atoms with Crippen molar-refractivity contribution in [1.82, 2.24) is 5.32 Å². The molecule has 2 aromatic rings. The number of anilines is 1. The van der Waals surface area contributed by atoms with Gasteiger partial charge in [0.15, 0.2) is 5.76 Å². The fraction of sp³-hybridized carbons (Fsp3) is 0.294. The third-order valence-electron chi connectivity index (χ3n) is 3.40. The van der Waals surface area contributed by atoms with E-state index in [9.17, 15) is 9.59 Å². The zero-order chi connectivity index (χ0) is 17.7. The zero-order valence-electron chi connectivity index (χ0n) is 13.6. The highest BCUT2D eigenvalue weighted by molar-refractivity contribution is 6.31. The number of halogens is 1. The van der Waals surface area contributed by atoms with Crippen LogP contribution in [-0.4, -0.2) is 25.0 Å². The van der Waals surface area contributed by atoms with Crippen molar-refractivity contribution < 1.29 is 18.7 Å². The molecule has 1 aromatic heterocycles. The van der Waals surface area contributed by atoms with Crippen LogP contribution >= 0.6 is 11.6 Å². The number of hydrogen-bond donors (Lipinski definition) is 2. The van der Waals surface area contributed by atoms with Crippen molar-refractivity contribution in [2.75, 3.05) is 12.4 Å². The first-order chi connectivity index (χ1) is 11.4. The van der Waals surface area contributed by atoms with E-state index < -0.39 is 11.9 Å². The summed E-state index contributed by atoms with van der Waals surface area (Å²) in [7, 11) is 1.50. The average Bonchev–Trinajstić information content (AvgIpc) is 3.06. The molecule has 0 aliphatic rings. The molecule has 0 unspecified atom stereocenters. The summed E-state index contributed by atoms with van der Waals surface area (Å²) in [4.78, 5) is 24.7. The molecule has 1 aromatic carbocycles. The number of hydrogen-bond acceptors (Lipinski definition) is 4. The topological polar surface area (TPSA) is 80.6 Å². The van der Waals surface area contributed by atoms with Gasteiger partial charge in [-0.15, -0.1) is 0 Å². The van der Waals surface area contributed by atoms with Crippen LogP contribution in [0.4, 0.5) is 5.69 Å². The number of furan rings is 1. The summed E-state index contributed by atoms with van der Waals surface area (Å²) in [6, 6.07) is 7.30. The van der Waals surface area contributed by atoms with Crippen LogP contribution in [0.3, 0.4) is 0 Å². The highest BCUT2D eigenvalue weighted by Gasteiger charge is 2.26. The van der Waals surface area contributed by atoms with Crippen LogP contribution in [0.15, 0.2) is 41.0 Å². The summed E-state index contributed by atoms with van der Waals surface area (Å²) < 4.78 is 10.3. The normalized spacial score (nSPS) is 11.9. The summed E-state index contributed by atoms with van der Waals surface area (Å²) in [5.74, 6) is -0.326. The van der Waals surface area contributed by atoms with Gasteiger partial charge in [0.2, 0.25) is 5.91 Å². The molecular formula is C17H19ClN2O4. The van der Waals surface area contributed by atoms with Gasteiger partial charge in [-0.2, -0.15) is 0 Å². The van der Waals surface area contributed by atoms with Gasteiger partial charge in [-0.25, -0.2) is 0 Å². The third-order valence-corrected chi connectivity index (χ3v) is 3.64. The number of nitrogens with one attached hydrogen (secondary N) is 2. The van der Waals surface area contributed by atoms with Gasteiger partial charge in [0.1, 0.15) is 11.8 Å². The molecule has 0 aliphatic heterocycles. The van der Waals surface area contributed by atoms with E-state index in [1.54, 1.807) is 24.3 Å². The second kappa shape index (κ2) is 7.88. The van der Waals surface area contributed by atoms with Gasteiger partial charge in [0.05, 0.1) is 19.1 Å². The molecule has 0 radical (unpaired) electrons. The van der Waals surface area contributed by atoms with E-state index >= 15 is 0 Å². The van der Waals surface area contributed by atoms with Crippen LogP contribution in [0.5, 0.6) is 5.75 Å². The number of carbonyl (C=O) groups excluding carboxylic acids is 2. The second-order valence-corrected chi connectivity index (χ2v) is 5.94. The Balaban J connectivity index is 2.15. The van der Waals surface area contributed by atoms with E-state index in [-0.39, 0.29) is 17.6 Å². The summed E-state index contributed by atoms with van der Waals surface area (Å²) in [6.07, 6.45) is 1.40. The Labute approximate surface area is 145 Å². The van der Waals surface area contributed by atoms with Crippen molar-refractivity contribution in [2.45, 2.75) is 19.9 Å². The molecule has 128 valence electrons. The van der Waals surface area contributed by atoms with Gasteiger partial charge in [0.25, 0.3) is 5.91 Å². The van der Waals surface area contributed by atoms with E-state index in [1.165, 1.54) is 19.4 Å². The third kappa shape index (κ3) is 4.29. The minimum absolute atomic E-state index is 0.130. The Morgan fingerprint density at radius 1 is 1.25 bits per heavy atom. The van der Waals surface area contributed by atoms with Crippen LogP contribution in [0.25, 0.3) is 0 Å². The molecular weight excluding hydrogens is 332 g/mol. The summed E-state index contributed by atoms with van der Waals surface area (Å²) >= 11 is 5.96. The van der Waals surface area contributed by atoms with Crippen LogP contribution in [0.1, 0.15) is 24.4 Å². The standard InChI is InChI=1S/C17H19ClN2O4/c1-10(2)15(20-16(21)14-5-4-8-24-14)17(22)19-12-9-11(18)6-7-13(12)23-3/h4-10,15H,1-3H3,(H,19,22)(H,20,21)/t15-/m0/s1. The fourth-order valence-electron chi connectivity index (χ4n) is 2.14. The Kier molecular flexibility index (Phi) is 5.87. The Morgan fingerprint density at radius 2 is 2.00 bits per heavy atom. The molecule has 2 amide bonds.